The van der Waals surface area contributed by atoms with Gasteiger partial charge >= 0.3 is 5.97 Å². The van der Waals surface area contributed by atoms with E-state index in [2.05, 4.69) is 10.3 Å². The molecule has 0 saturated carbocycles. The van der Waals surface area contributed by atoms with Crippen molar-refractivity contribution in [2.45, 2.75) is 25.3 Å². The van der Waals surface area contributed by atoms with Gasteiger partial charge in [-0.2, -0.15) is 0 Å². The molecule has 0 amide bonds. The molecule has 7 nitrogen and oxygen atoms in total. The number of carbonyl (C=O) groups excluding carboxylic acids is 1. The minimum absolute atomic E-state index is 0.131. The lowest BCUT2D eigenvalue weighted by molar-refractivity contribution is 0.0524. The van der Waals surface area contributed by atoms with Crippen LogP contribution in [-0.4, -0.2) is 55.0 Å². The van der Waals surface area contributed by atoms with Crippen molar-refractivity contribution in [1.29, 1.82) is 0 Å². The fourth-order valence-electron chi connectivity index (χ4n) is 2.21. The zero-order valence-electron chi connectivity index (χ0n) is 11.3. The molecular formula is C12H19N3O4. The largest absolute Gasteiger partial charge is 0.464 e. The number of methoxy groups -OCH3 is 2. The first-order chi connectivity index (χ1) is 9.27. The second kappa shape index (κ2) is 6.63. The maximum Gasteiger partial charge on any atom is 0.360 e. The van der Waals surface area contributed by atoms with Gasteiger partial charge in [0.1, 0.15) is 0 Å². The van der Waals surface area contributed by atoms with Crippen molar-refractivity contribution in [2.75, 3.05) is 34.0 Å². The average molecular weight is 269 g/mol. The van der Waals surface area contributed by atoms with Crippen LogP contribution in [0.1, 0.15) is 35.1 Å². The first-order valence-corrected chi connectivity index (χ1v) is 6.37. The predicted molar refractivity (Wildman–Crippen MR) is 66.0 cm³/mol. The number of nitrogens with zero attached hydrogens (tertiary/aromatic N) is 3. The van der Waals surface area contributed by atoms with E-state index in [1.165, 1.54) is 7.11 Å². The molecule has 1 aliphatic heterocycles. The Hall–Kier alpha value is -1.47. The van der Waals surface area contributed by atoms with Gasteiger partial charge in [-0.1, -0.05) is 5.21 Å². The third-order valence-electron chi connectivity index (χ3n) is 3.19. The van der Waals surface area contributed by atoms with Gasteiger partial charge in [0.25, 0.3) is 0 Å². The number of carbonyl (C=O) groups is 1. The van der Waals surface area contributed by atoms with Gasteiger partial charge in [-0.25, -0.2) is 9.48 Å². The van der Waals surface area contributed by atoms with Gasteiger partial charge in [0, 0.05) is 20.1 Å². The highest BCUT2D eigenvalue weighted by atomic mass is 16.5. The Kier molecular flexibility index (Phi) is 4.86. The Morgan fingerprint density at radius 1 is 1.53 bits per heavy atom. The summed E-state index contributed by atoms with van der Waals surface area (Å²) < 4.78 is 17.0. The average Bonchev–Trinajstić information content (AvgIpc) is 2.89. The van der Waals surface area contributed by atoms with Crippen molar-refractivity contribution in [1.82, 2.24) is 15.0 Å². The van der Waals surface area contributed by atoms with E-state index in [-0.39, 0.29) is 11.7 Å². The Morgan fingerprint density at radius 2 is 2.37 bits per heavy atom. The number of rotatable bonds is 5. The minimum atomic E-state index is -0.464. The van der Waals surface area contributed by atoms with E-state index in [9.17, 15) is 4.79 Å². The molecule has 0 radical (unpaired) electrons. The molecule has 7 heteroatoms. The summed E-state index contributed by atoms with van der Waals surface area (Å²) in [7, 11) is 2.96. The van der Waals surface area contributed by atoms with Gasteiger partial charge in [0.2, 0.25) is 0 Å². The summed E-state index contributed by atoms with van der Waals surface area (Å²) in [6.07, 6.45) is 2.54. The number of aromatic nitrogens is 3. The second-order valence-corrected chi connectivity index (χ2v) is 4.43. The molecule has 1 aromatic rings. The predicted octanol–water partition coefficient (Wildman–Crippen LogP) is 0.605. The first kappa shape index (κ1) is 14.0. The quantitative estimate of drug-likeness (QED) is 0.729. The van der Waals surface area contributed by atoms with E-state index >= 15 is 0 Å². The summed E-state index contributed by atoms with van der Waals surface area (Å²) in [5, 5.41) is 8.03. The van der Waals surface area contributed by atoms with Gasteiger partial charge in [-0.15, -0.1) is 5.10 Å². The van der Waals surface area contributed by atoms with Gasteiger partial charge in [0.15, 0.2) is 5.69 Å². The summed E-state index contributed by atoms with van der Waals surface area (Å²) >= 11 is 0. The molecule has 1 unspecified atom stereocenters. The molecule has 2 rings (SSSR count). The summed E-state index contributed by atoms with van der Waals surface area (Å²) in [6, 6.07) is 0.131. The van der Waals surface area contributed by atoms with Crippen LogP contribution >= 0.6 is 0 Å². The molecule has 0 spiro atoms. The van der Waals surface area contributed by atoms with Crippen molar-refractivity contribution in [3.05, 3.63) is 11.4 Å². The standard InChI is InChI=1S/C12H19N3O4/c1-17-7-5-10-11(12(16)18-2)13-14-15(10)9-4-3-6-19-8-9/h9H,3-8H2,1-2H3. The van der Waals surface area contributed by atoms with Gasteiger partial charge in [-0.3, -0.25) is 0 Å². The molecule has 1 fully saturated rings. The second-order valence-electron chi connectivity index (χ2n) is 4.43. The van der Waals surface area contributed by atoms with E-state index < -0.39 is 5.97 Å². The van der Waals surface area contributed by atoms with Crippen LogP contribution in [-0.2, 0) is 20.6 Å². The molecule has 19 heavy (non-hydrogen) atoms. The van der Waals surface area contributed by atoms with E-state index in [1.807, 2.05) is 0 Å². The summed E-state index contributed by atoms with van der Waals surface area (Å²) in [5.41, 5.74) is 1.02. The van der Waals surface area contributed by atoms with Crippen molar-refractivity contribution in [2.24, 2.45) is 0 Å². The van der Waals surface area contributed by atoms with Crippen LogP contribution < -0.4 is 0 Å². The Bertz CT molecular complexity index is 427. The smallest absolute Gasteiger partial charge is 0.360 e. The lowest BCUT2D eigenvalue weighted by Gasteiger charge is -2.23. The van der Waals surface area contributed by atoms with Crippen LogP contribution in [0.15, 0.2) is 0 Å². The highest BCUT2D eigenvalue weighted by Gasteiger charge is 2.25. The van der Waals surface area contributed by atoms with Crippen LogP contribution in [0.2, 0.25) is 0 Å². The molecular weight excluding hydrogens is 250 g/mol. The van der Waals surface area contributed by atoms with Gasteiger partial charge < -0.3 is 14.2 Å². The lowest BCUT2D eigenvalue weighted by Crippen LogP contribution is -2.24. The molecule has 0 aromatic carbocycles. The van der Waals surface area contributed by atoms with Crippen molar-refractivity contribution >= 4 is 5.97 Å². The summed E-state index contributed by atoms with van der Waals surface area (Å²) in [5.74, 6) is -0.464. The molecule has 0 N–H and O–H groups in total. The Morgan fingerprint density at radius 3 is 3.00 bits per heavy atom. The maximum absolute atomic E-state index is 11.7. The fourth-order valence-corrected chi connectivity index (χ4v) is 2.21. The van der Waals surface area contributed by atoms with E-state index in [0.29, 0.717) is 19.6 Å². The molecule has 2 heterocycles. The number of esters is 1. The van der Waals surface area contributed by atoms with E-state index in [4.69, 9.17) is 14.2 Å². The van der Waals surface area contributed by atoms with Gasteiger partial charge in [0.05, 0.1) is 32.1 Å². The monoisotopic (exact) mass is 269 g/mol. The van der Waals surface area contributed by atoms with E-state index in [1.54, 1.807) is 11.8 Å². The number of ether oxygens (including phenoxy) is 3. The highest BCUT2D eigenvalue weighted by Crippen LogP contribution is 2.22. The minimum Gasteiger partial charge on any atom is -0.464 e. The van der Waals surface area contributed by atoms with Crippen molar-refractivity contribution in [3.8, 4) is 0 Å². The van der Waals surface area contributed by atoms with Gasteiger partial charge in [-0.05, 0) is 12.8 Å². The topological polar surface area (TPSA) is 75.5 Å². The number of hydrogen-bond donors (Lipinski definition) is 0. The van der Waals surface area contributed by atoms with E-state index in [0.717, 1.165) is 25.1 Å². The van der Waals surface area contributed by atoms with Crippen molar-refractivity contribution in [3.63, 3.8) is 0 Å². The van der Waals surface area contributed by atoms with Crippen LogP contribution in [0.25, 0.3) is 0 Å². The zero-order valence-corrected chi connectivity index (χ0v) is 11.3. The zero-order chi connectivity index (χ0) is 13.7. The first-order valence-electron chi connectivity index (χ1n) is 6.37. The SMILES string of the molecule is COCCc1c(C(=O)OC)nnn1C1CCCOC1. The molecule has 0 bridgehead atoms. The molecule has 1 aromatic heterocycles. The third kappa shape index (κ3) is 3.10. The molecule has 1 atom stereocenters. The normalized spacial score (nSPS) is 19.4. The van der Waals surface area contributed by atoms with Crippen LogP contribution in [0.5, 0.6) is 0 Å². The highest BCUT2D eigenvalue weighted by molar-refractivity contribution is 5.88. The summed E-state index contributed by atoms with van der Waals surface area (Å²) in [6.45, 7) is 1.89. The Labute approximate surface area is 111 Å². The Balaban J connectivity index is 2.25. The summed E-state index contributed by atoms with van der Waals surface area (Å²) in [4.78, 5) is 11.7. The lowest BCUT2D eigenvalue weighted by atomic mass is 10.1. The van der Waals surface area contributed by atoms with Crippen LogP contribution in [0.3, 0.4) is 0 Å². The molecule has 106 valence electrons. The van der Waals surface area contributed by atoms with Crippen LogP contribution in [0.4, 0.5) is 0 Å². The molecule has 1 aliphatic rings. The van der Waals surface area contributed by atoms with Crippen molar-refractivity contribution < 1.29 is 19.0 Å². The third-order valence-corrected chi connectivity index (χ3v) is 3.19. The molecule has 1 saturated heterocycles. The van der Waals surface area contributed by atoms with Crippen LogP contribution in [0, 0.1) is 0 Å². The number of hydrogen-bond acceptors (Lipinski definition) is 6. The molecule has 0 aliphatic carbocycles. The maximum atomic E-state index is 11.7. The fraction of sp³-hybridized carbons (Fsp3) is 0.750.